The van der Waals surface area contributed by atoms with Gasteiger partial charge in [0.05, 0.1) is 35.1 Å². The van der Waals surface area contributed by atoms with Gasteiger partial charge in [0.1, 0.15) is 9.96 Å². The van der Waals surface area contributed by atoms with Crippen LogP contribution in [0.25, 0.3) is 10.9 Å². The highest BCUT2D eigenvalue weighted by atomic mass is 32.2. The number of sulfonamides is 1. The number of carbonyl (C=O) groups is 2. The number of amides is 2. The van der Waals surface area contributed by atoms with Crippen molar-refractivity contribution in [3.8, 4) is 5.75 Å². The second kappa shape index (κ2) is 9.49. The Balaban J connectivity index is 1.50. The Hall–Kier alpha value is -3.96. The fraction of sp³-hybridized carbons (Fsp3) is 0.0870. The predicted octanol–water partition coefficient (Wildman–Crippen LogP) is 3.49. The molecule has 2 aromatic heterocycles. The Labute approximate surface area is 199 Å². The first-order valence-electron chi connectivity index (χ1n) is 10.00. The summed E-state index contributed by atoms with van der Waals surface area (Å²) in [7, 11) is -2.29. The zero-order chi connectivity index (χ0) is 24.3. The number of thiophene rings is 1. The van der Waals surface area contributed by atoms with Gasteiger partial charge in [0.2, 0.25) is 0 Å². The summed E-state index contributed by atoms with van der Waals surface area (Å²) < 4.78 is 32.8. The van der Waals surface area contributed by atoms with E-state index in [9.17, 15) is 18.0 Å². The molecule has 174 valence electrons. The molecule has 0 aliphatic heterocycles. The van der Waals surface area contributed by atoms with Crippen LogP contribution >= 0.6 is 11.3 Å². The number of hydrogen-bond acceptors (Lipinski definition) is 7. The molecule has 11 heteroatoms. The summed E-state index contributed by atoms with van der Waals surface area (Å²) in [6.07, 6.45) is 0. The first-order chi connectivity index (χ1) is 16.3. The summed E-state index contributed by atoms with van der Waals surface area (Å²) in [6.45, 7) is 1.68. The number of para-hydroxylation sites is 1. The molecular weight excluding hydrogens is 476 g/mol. The number of nitrogens with zero attached hydrogens (tertiary/aromatic N) is 1. The monoisotopic (exact) mass is 496 g/mol. The zero-order valence-electron chi connectivity index (χ0n) is 18.2. The fourth-order valence-electron chi connectivity index (χ4n) is 3.23. The van der Waals surface area contributed by atoms with E-state index in [1.165, 1.54) is 18.2 Å². The van der Waals surface area contributed by atoms with Gasteiger partial charge in [0.15, 0.2) is 0 Å². The number of hydrogen-bond donors (Lipinski definition) is 3. The van der Waals surface area contributed by atoms with Gasteiger partial charge < -0.3 is 4.74 Å². The maximum atomic E-state index is 12.8. The van der Waals surface area contributed by atoms with Crippen molar-refractivity contribution in [1.82, 2.24) is 15.8 Å². The van der Waals surface area contributed by atoms with E-state index in [2.05, 4.69) is 20.6 Å². The van der Waals surface area contributed by atoms with Crippen LogP contribution in [0.5, 0.6) is 5.75 Å². The Morgan fingerprint density at radius 2 is 1.68 bits per heavy atom. The summed E-state index contributed by atoms with van der Waals surface area (Å²) in [5, 5.41) is 2.37. The first kappa shape index (κ1) is 23.2. The minimum atomic E-state index is -3.85. The number of aryl methyl sites for hydroxylation is 1. The molecule has 9 nitrogen and oxygen atoms in total. The third-order valence-electron chi connectivity index (χ3n) is 4.93. The molecule has 0 aliphatic rings. The number of pyridine rings is 1. The van der Waals surface area contributed by atoms with E-state index >= 15 is 0 Å². The lowest BCUT2D eigenvalue weighted by Crippen LogP contribution is -2.42. The molecule has 2 amide bonds. The van der Waals surface area contributed by atoms with E-state index in [-0.39, 0.29) is 21.0 Å². The Kier molecular flexibility index (Phi) is 6.48. The maximum Gasteiger partial charge on any atom is 0.271 e. The van der Waals surface area contributed by atoms with Crippen LogP contribution in [0.4, 0.5) is 5.69 Å². The van der Waals surface area contributed by atoms with Gasteiger partial charge in [-0.3, -0.25) is 30.1 Å². The number of benzene rings is 2. The van der Waals surface area contributed by atoms with Crippen molar-refractivity contribution in [2.45, 2.75) is 11.1 Å². The molecule has 0 saturated carbocycles. The molecule has 0 saturated heterocycles. The van der Waals surface area contributed by atoms with Gasteiger partial charge in [-0.25, -0.2) is 8.42 Å². The van der Waals surface area contributed by atoms with Gasteiger partial charge in [-0.15, -0.1) is 11.3 Å². The number of anilines is 1. The van der Waals surface area contributed by atoms with Crippen LogP contribution in [0, 0.1) is 6.92 Å². The van der Waals surface area contributed by atoms with Crippen LogP contribution in [-0.2, 0) is 10.0 Å². The van der Waals surface area contributed by atoms with E-state index in [0.717, 1.165) is 16.7 Å². The zero-order valence-corrected chi connectivity index (χ0v) is 19.8. The van der Waals surface area contributed by atoms with E-state index in [1.807, 2.05) is 0 Å². The first-order valence-corrected chi connectivity index (χ1v) is 12.4. The molecule has 4 aromatic rings. The third-order valence-corrected chi connectivity index (χ3v) is 7.69. The largest absolute Gasteiger partial charge is 0.497 e. The van der Waals surface area contributed by atoms with Gasteiger partial charge in [0, 0.05) is 11.5 Å². The molecule has 0 fully saturated rings. The van der Waals surface area contributed by atoms with Crippen molar-refractivity contribution >= 4 is 49.8 Å². The molecule has 3 N–H and O–H groups in total. The smallest absolute Gasteiger partial charge is 0.271 e. The van der Waals surface area contributed by atoms with E-state index in [4.69, 9.17) is 4.74 Å². The second-order valence-corrected chi connectivity index (χ2v) is 10.0. The van der Waals surface area contributed by atoms with Gasteiger partial charge >= 0.3 is 0 Å². The Morgan fingerprint density at radius 3 is 2.38 bits per heavy atom. The number of hydrazine groups is 1. The minimum absolute atomic E-state index is 0.0448. The van der Waals surface area contributed by atoms with Crippen molar-refractivity contribution in [3.63, 3.8) is 0 Å². The highest BCUT2D eigenvalue weighted by molar-refractivity contribution is 7.94. The Morgan fingerprint density at radius 1 is 0.941 bits per heavy atom. The SMILES string of the molecule is COc1ccc2cc(C(=O)NNC(=O)c3ccccc3NS(=O)(=O)c3cccs3)c(C)nc2c1. The normalized spacial score (nSPS) is 11.1. The van der Waals surface area contributed by atoms with Crippen LogP contribution in [-0.4, -0.2) is 32.3 Å². The van der Waals surface area contributed by atoms with Gasteiger partial charge in [-0.1, -0.05) is 18.2 Å². The minimum Gasteiger partial charge on any atom is -0.497 e. The number of rotatable bonds is 6. The van der Waals surface area contributed by atoms with Crippen molar-refractivity contribution in [2.75, 3.05) is 11.8 Å². The standard InChI is InChI=1S/C23H20N4O5S2/c1-14-18(12-15-9-10-16(32-2)13-20(15)24-14)23(29)26-25-22(28)17-6-3-4-7-19(17)27-34(30,31)21-8-5-11-33-21/h3-13,27H,1-2H3,(H,25,28)(H,26,29). The van der Waals surface area contributed by atoms with Crippen LogP contribution < -0.4 is 20.3 Å². The molecule has 0 radical (unpaired) electrons. The van der Waals surface area contributed by atoms with Crippen molar-refractivity contribution < 1.29 is 22.7 Å². The summed E-state index contributed by atoms with van der Waals surface area (Å²) in [5.74, 6) is -0.598. The lowest BCUT2D eigenvalue weighted by molar-refractivity contribution is 0.0846. The van der Waals surface area contributed by atoms with Gasteiger partial charge in [-0.2, -0.15) is 0 Å². The molecule has 2 aromatic carbocycles. The molecule has 4 rings (SSSR count). The van der Waals surface area contributed by atoms with Crippen LogP contribution in [0.3, 0.4) is 0 Å². The quantitative estimate of drug-likeness (QED) is 0.351. The summed E-state index contributed by atoms with van der Waals surface area (Å²) >= 11 is 1.06. The number of fused-ring (bicyclic) bond motifs is 1. The highest BCUT2D eigenvalue weighted by Gasteiger charge is 2.20. The van der Waals surface area contributed by atoms with Gasteiger partial charge in [-0.05, 0) is 48.7 Å². The van der Waals surface area contributed by atoms with Crippen LogP contribution in [0.15, 0.2) is 70.3 Å². The lowest BCUT2D eigenvalue weighted by atomic mass is 10.1. The average molecular weight is 497 g/mol. The fourth-order valence-corrected chi connectivity index (χ4v) is 5.30. The molecular formula is C23H20N4O5S2. The third kappa shape index (κ3) is 4.85. The van der Waals surface area contributed by atoms with Crippen LogP contribution in [0.1, 0.15) is 26.4 Å². The molecule has 0 aliphatic carbocycles. The summed E-state index contributed by atoms with van der Waals surface area (Å²) in [4.78, 5) is 29.9. The number of carbonyl (C=O) groups excluding carboxylic acids is 2. The van der Waals surface area contributed by atoms with E-state index in [1.54, 1.807) is 61.9 Å². The average Bonchev–Trinajstić information content (AvgIpc) is 3.38. The number of ether oxygens (including phenoxy) is 1. The van der Waals surface area contributed by atoms with Crippen LogP contribution in [0.2, 0.25) is 0 Å². The summed E-state index contributed by atoms with van der Waals surface area (Å²) in [5.41, 5.74) is 6.25. The second-order valence-electron chi connectivity index (χ2n) is 7.17. The molecule has 0 bridgehead atoms. The van der Waals surface area contributed by atoms with Crippen molar-refractivity contribution in [1.29, 1.82) is 0 Å². The van der Waals surface area contributed by atoms with Gasteiger partial charge in [0.25, 0.3) is 21.8 Å². The van der Waals surface area contributed by atoms with Crippen molar-refractivity contribution in [2.24, 2.45) is 0 Å². The number of aromatic nitrogens is 1. The van der Waals surface area contributed by atoms with E-state index < -0.39 is 21.8 Å². The topological polar surface area (TPSA) is 126 Å². The molecule has 34 heavy (non-hydrogen) atoms. The molecule has 0 atom stereocenters. The molecule has 0 unspecified atom stereocenters. The van der Waals surface area contributed by atoms with E-state index in [0.29, 0.717) is 17.0 Å². The highest BCUT2D eigenvalue weighted by Crippen LogP contribution is 2.23. The predicted molar refractivity (Wildman–Crippen MR) is 130 cm³/mol. The number of methoxy groups -OCH3 is 1. The Bertz CT molecular complexity index is 1480. The molecule has 2 heterocycles. The summed E-state index contributed by atoms with van der Waals surface area (Å²) in [6, 6.07) is 16.2. The lowest BCUT2D eigenvalue weighted by Gasteiger charge is -2.13. The van der Waals surface area contributed by atoms with Crippen molar-refractivity contribution in [3.05, 3.63) is 82.9 Å². The maximum absolute atomic E-state index is 12.8. The molecule has 0 spiro atoms. The number of nitrogens with one attached hydrogen (secondary N) is 3.